The minimum absolute atomic E-state index is 0.117. The summed E-state index contributed by atoms with van der Waals surface area (Å²) in [5.74, 6) is 0.439. The number of benzene rings is 1. The number of rotatable bonds is 3. The number of aromatic nitrogens is 1. The standard InChI is InChI=1S/C18H25N3O2S2/c1-14-7-6-11-20(13-14)25(22,23)21-12-5-4-9-16(21)18-19-15-8-2-3-10-17(15)24-18/h2-3,8,10,14,16H,4-7,9,11-13H2,1H3/t14-,16-/m0/s1. The van der Waals surface area contributed by atoms with Crippen LogP contribution in [0.3, 0.4) is 0 Å². The smallest absolute Gasteiger partial charge is 0.239 e. The lowest BCUT2D eigenvalue weighted by atomic mass is 10.0. The molecule has 0 saturated carbocycles. The average molecular weight is 380 g/mol. The Hall–Kier alpha value is -1.02. The van der Waals surface area contributed by atoms with Crippen LogP contribution in [-0.2, 0) is 10.2 Å². The zero-order valence-corrected chi connectivity index (χ0v) is 16.2. The van der Waals surface area contributed by atoms with Gasteiger partial charge in [-0.05, 0) is 43.7 Å². The first kappa shape index (κ1) is 17.4. The van der Waals surface area contributed by atoms with Gasteiger partial charge in [-0.1, -0.05) is 25.5 Å². The minimum atomic E-state index is -3.42. The van der Waals surface area contributed by atoms with Gasteiger partial charge in [0.1, 0.15) is 5.01 Å². The zero-order valence-electron chi connectivity index (χ0n) is 14.6. The van der Waals surface area contributed by atoms with Gasteiger partial charge in [-0.25, -0.2) is 4.98 Å². The van der Waals surface area contributed by atoms with E-state index in [4.69, 9.17) is 4.98 Å². The molecule has 0 radical (unpaired) electrons. The number of hydrogen-bond acceptors (Lipinski definition) is 4. The highest BCUT2D eigenvalue weighted by Gasteiger charge is 2.39. The molecule has 4 rings (SSSR count). The molecule has 2 aliphatic heterocycles. The number of hydrogen-bond donors (Lipinski definition) is 0. The van der Waals surface area contributed by atoms with E-state index < -0.39 is 10.2 Å². The second-order valence-corrected chi connectivity index (χ2v) is 10.2. The molecule has 25 heavy (non-hydrogen) atoms. The van der Waals surface area contributed by atoms with Crippen LogP contribution in [0.2, 0.25) is 0 Å². The first-order chi connectivity index (χ1) is 12.1. The molecule has 0 amide bonds. The molecule has 2 saturated heterocycles. The van der Waals surface area contributed by atoms with Crippen molar-refractivity contribution in [1.82, 2.24) is 13.6 Å². The van der Waals surface area contributed by atoms with Gasteiger partial charge < -0.3 is 0 Å². The Labute approximate surface area is 153 Å². The van der Waals surface area contributed by atoms with Crippen molar-refractivity contribution in [2.24, 2.45) is 5.92 Å². The minimum Gasteiger partial charge on any atom is -0.239 e. The van der Waals surface area contributed by atoms with E-state index in [1.54, 1.807) is 19.9 Å². The van der Waals surface area contributed by atoms with Crippen molar-refractivity contribution < 1.29 is 8.42 Å². The molecule has 2 fully saturated rings. The van der Waals surface area contributed by atoms with Gasteiger partial charge in [0.05, 0.1) is 16.3 Å². The Kier molecular flexibility index (Phi) is 4.83. The summed E-state index contributed by atoms with van der Waals surface area (Å²) >= 11 is 1.64. The van der Waals surface area contributed by atoms with Gasteiger partial charge in [-0.15, -0.1) is 11.3 Å². The Morgan fingerprint density at radius 1 is 1.12 bits per heavy atom. The maximum atomic E-state index is 13.3. The van der Waals surface area contributed by atoms with E-state index in [0.717, 1.165) is 47.3 Å². The molecule has 2 aliphatic rings. The molecule has 136 valence electrons. The molecule has 5 nitrogen and oxygen atoms in total. The summed E-state index contributed by atoms with van der Waals surface area (Å²) in [5, 5.41) is 0.939. The van der Waals surface area contributed by atoms with Crippen LogP contribution in [0.5, 0.6) is 0 Å². The zero-order chi connectivity index (χ0) is 17.4. The Balaban J connectivity index is 1.66. The number of fused-ring (bicyclic) bond motifs is 1. The Morgan fingerprint density at radius 3 is 2.76 bits per heavy atom. The third kappa shape index (κ3) is 3.35. The summed E-state index contributed by atoms with van der Waals surface area (Å²) in [4.78, 5) is 4.75. The second-order valence-electron chi connectivity index (χ2n) is 7.26. The highest BCUT2D eigenvalue weighted by atomic mass is 32.2. The number of nitrogens with zero attached hydrogens (tertiary/aromatic N) is 3. The Morgan fingerprint density at radius 2 is 1.96 bits per heavy atom. The summed E-state index contributed by atoms with van der Waals surface area (Å²) in [6, 6.07) is 7.94. The van der Waals surface area contributed by atoms with Crippen LogP contribution in [0.25, 0.3) is 10.2 Å². The normalized spacial score (nSPS) is 26.9. The van der Waals surface area contributed by atoms with Gasteiger partial charge in [-0.2, -0.15) is 17.0 Å². The summed E-state index contributed by atoms with van der Waals surface area (Å²) in [6.07, 6.45) is 4.93. The highest BCUT2D eigenvalue weighted by molar-refractivity contribution is 7.86. The molecular weight excluding hydrogens is 354 g/mol. The van der Waals surface area contributed by atoms with Crippen LogP contribution < -0.4 is 0 Å². The van der Waals surface area contributed by atoms with Crippen molar-refractivity contribution in [2.75, 3.05) is 19.6 Å². The van der Waals surface area contributed by atoms with Crippen LogP contribution in [0.15, 0.2) is 24.3 Å². The number of thiazole rings is 1. The van der Waals surface area contributed by atoms with Crippen molar-refractivity contribution in [3.8, 4) is 0 Å². The van der Waals surface area contributed by atoms with Crippen molar-refractivity contribution in [3.05, 3.63) is 29.3 Å². The first-order valence-corrected chi connectivity index (χ1v) is 11.4. The molecule has 1 aromatic heterocycles. The maximum absolute atomic E-state index is 13.3. The van der Waals surface area contributed by atoms with E-state index >= 15 is 0 Å². The SMILES string of the molecule is C[C@H]1CCCN(S(=O)(=O)N2CCCC[C@H]2c2nc3ccccc3s2)C1. The number of piperidine rings is 2. The van der Waals surface area contributed by atoms with E-state index in [2.05, 4.69) is 13.0 Å². The summed E-state index contributed by atoms with van der Waals surface area (Å²) in [5.41, 5.74) is 0.969. The van der Waals surface area contributed by atoms with Gasteiger partial charge >= 0.3 is 0 Å². The topological polar surface area (TPSA) is 53.5 Å². The third-order valence-corrected chi connectivity index (χ3v) is 8.44. The monoisotopic (exact) mass is 379 g/mol. The largest absolute Gasteiger partial charge is 0.282 e. The average Bonchev–Trinajstić information content (AvgIpc) is 3.06. The molecular formula is C18H25N3O2S2. The lowest BCUT2D eigenvalue weighted by Gasteiger charge is -2.39. The van der Waals surface area contributed by atoms with Gasteiger partial charge in [0.25, 0.3) is 10.2 Å². The fourth-order valence-corrected chi connectivity index (χ4v) is 7.13. The predicted molar refractivity (Wildman–Crippen MR) is 102 cm³/mol. The quantitative estimate of drug-likeness (QED) is 0.815. The molecule has 0 N–H and O–H groups in total. The molecule has 2 aromatic rings. The maximum Gasteiger partial charge on any atom is 0.282 e. The predicted octanol–water partition coefficient (Wildman–Crippen LogP) is 3.80. The molecule has 7 heteroatoms. The second kappa shape index (κ2) is 6.95. The highest BCUT2D eigenvalue weighted by Crippen LogP contribution is 2.38. The van der Waals surface area contributed by atoms with Crippen LogP contribution in [-0.4, -0.2) is 41.6 Å². The first-order valence-electron chi connectivity index (χ1n) is 9.18. The van der Waals surface area contributed by atoms with Crippen molar-refractivity contribution in [1.29, 1.82) is 0 Å². The lowest BCUT2D eigenvalue weighted by Crippen LogP contribution is -2.50. The molecule has 3 heterocycles. The van der Waals surface area contributed by atoms with Crippen LogP contribution in [0.1, 0.15) is 50.1 Å². The number of para-hydroxylation sites is 1. The van der Waals surface area contributed by atoms with E-state index in [1.165, 1.54) is 0 Å². The summed E-state index contributed by atoms with van der Waals surface area (Å²) < 4.78 is 31.2. The molecule has 0 aliphatic carbocycles. The van der Waals surface area contributed by atoms with E-state index in [-0.39, 0.29) is 6.04 Å². The van der Waals surface area contributed by atoms with Crippen LogP contribution in [0, 0.1) is 5.92 Å². The van der Waals surface area contributed by atoms with Crippen LogP contribution in [0.4, 0.5) is 0 Å². The molecule has 1 aromatic carbocycles. The van der Waals surface area contributed by atoms with Gasteiger partial charge in [0.15, 0.2) is 0 Å². The molecule has 2 atom stereocenters. The fraction of sp³-hybridized carbons (Fsp3) is 0.611. The third-order valence-electron chi connectivity index (χ3n) is 5.29. The van der Waals surface area contributed by atoms with Gasteiger partial charge in [0, 0.05) is 19.6 Å². The van der Waals surface area contributed by atoms with Gasteiger partial charge in [-0.3, -0.25) is 0 Å². The van der Waals surface area contributed by atoms with Crippen molar-refractivity contribution >= 4 is 31.8 Å². The van der Waals surface area contributed by atoms with E-state index in [9.17, 15) is 8.42 Å². The molecule has 0 spiro atoms. The van der Waals surface area contributed by atoms with Crippen molar-refractivity contribution in [3.63, 3.8) is 0 Å². The van der Waals surface area contributed by atoms with Crippen LogP contribution >= 0.6 is 11.3 Å². The van der Waals surface area contributed by atoms with E-state index in [1.807, 2.05) is 18.2 Å². The Bertz CT molecular complexity index is 816. The fourth-order valence-electron chi connectivity index (χ4n) is 3.96. The lowest BCUT2D eigenvalue weighted by molar-refractivity contribution is 0.211. The van der Waals surface area contributed by atoms with E-state index in [0.29, 0.717) is 25.6 Å². The van der Waals surface area contributed by atoms with Crippen molar-refractivity contribution in [2.45, 2.75) is 45.1 Å². The molecule has 0 unspecified atom stereocenters. The molecule has 0 bridgehead atoms. The van der Waals surface area contributed by atoms with Gasteiger partial charge in [0.2, 0.25) is 0 Å². The summed E-state index contributed by atoms with van der Waals surface area (Å²) in [6.45, 7) is 4.04. The summed E-state index contributed by atoms with van der Waals surface area (Å²) in [7, 11) is -3.42.